The molecule has 0 aromatic rings. The van der Waals surface area contributed by atoms with Gasteiger partial charge in [-0.3, -0.25) is 0 Å². The smallest absolute Gasteiger partial charge is 0.0701 e. The molecule has 0 aliphatic carbocycles. The van der Waals surface area contributed by atoms with Crippen LogP contribution in [0.3, 0.4) is 0 Å². The van der Waals surface area contributed by atoms with Crippen LogP contribution in [0.5, 0.6) is 0 Å². The minimum absolute atomic E-state index is 0.567. The molecule has 248 valence electrons. The number of ether oxygens (including phenoxy) is 7. The van der Waals surface area contributed by atoms with Crippen molar-refractivity contribution < 1.29 is 33.2 Å². The summed E-state index contributed by atoms with van der Waals surface area (Å²) in [5.74, 6) is 0. The van der Waals surface area contributed by atoms with E-state index in [9.17, 15) is 0 Å². The van der Waals surface area contributed by atoms with E-state index in [1.165, 1.54) is 103 Å². The molecule has 41 heavy (non-hydrogen) atoms. The summed E-state index contributed by atoms with van der Waals surface area (Å²) in [5.41, 5.74) is 0. The molecular formula is C34H70O7. The Labute approximate surface area is 255 Å². The summed E-state index contributed by atoms with van der Waals surface area (Å²) in [4.78, 5) is 0. The molecule has 0 fully saturated rings. The normalized spacial score (nSPS) is 11.6. The second kappa shape index (κ2) is 39.7. The van der Waals surface area contributed by atoms with Gasteiger partial charge in [0.15, 0.2) is 0 Å². The Morgan fingerprint density at radius 3 is 0.610 bits per heavy atom. The molecule has 0 N–H and O–H groups in total. The highest BCUT2D eigenvalue weighted by atomic mass is 16.6. The van der Waals surface area contributed by atoms with Gasteiger partial charge in [0.1, 0.15) is 0 Å². The first-order valence-electron chi connectivity index (χ1n) is 17.5. The topological polar surface area (TPSA) is 64.6 Å². The molecule has 0 saturated carbocycles. The van der Waals surface area contributed by atoms with Gasteiger partial charge in [0.05, 0.1) is 79.3 Å². The van der Waals surface area contributed by atoms with Gasteiger partial charge in [-0.15, -0.1) is 0 Å². The number of unbranched alkanes of at least 4 members (excludes halogenated alkanes) is 16. The molecule has 0 radical (unpaired) electrons. The fourth-order valence-electron chi connectivity index (χ4n) is 4.45. The summed E-state index contributed by atoms with van der Waals surface area (Å²) >= 11 is 0. The van der Waals surface area contributed by atoms with E-state index in [-0.39, 0.29) is 0 Å². The van der Waals surface area contributed by atoms with Gasteiger partial charge in [-0.25, -0.2) is 0 Å². The lowest BCUT2D eigenvalue weighted by Gasteiger charge is -2.08. The van der Waals surface area contributed by atoms with Gasteiger partial charge in [0.25, 0.3) is 0 Å². The van der Waals surface area contributed by atoms with Crippen LogP contribution in [0.4, 0.5) is 0 Å². The highest BCUT2D eigenvalue weighted by Gasteiger charge is 1.97. The zero-order valence-electron chi connectivity index (χ0n) is 27.5. The molecule has 7 heteroatoms. The molecular weight excluding hydrogens is 520 g/mol. The highest BCUT2D eigenvalue weighted by Crippen LogP contribution is 2.13. The van der Waals surface area contributed by atoms with Crippen LogP contribution in [0.25, 0.3) is 0 Å². The first kappa shape index (κ1) is 40.7. The summed E-state index contributed by atoms with van der Waals surface area (Å²) in [7, 11) is 0. The fraction of sp³-hybridized carbons (Fsp3) is 1.00. The Morgan fingerprint density at radius 2 is 0.366 bits per heavy atom. The van der Waals surface area contributed by atoms with E-state index in [1.807, 2.05) is 0 Å². The van der Waals surface area contributed by atoms with Gasteiger partial charge in [-0.05, 0) is 12.8 Å². The molecule has 0 bridgehead atoms. The lowest BCUT2D eigenvalue weighted by atomic mass is 10.0. The van der Waals surface area contributed by atoms with Gasteiger partial charge in [-0.2, -0.15) is 0 Å². The number of hydrogen-bond acceptors (Lipinski definition) is 7. The zero-order valence-corrected chi connectivity index (χ0v) is 27.5. The van der Waals surface area contributed by atoms with Crippen molar-refractivity contribution in [2.24, 2.45) is 0 Å². The summed E-state index contributed by atoms with van der Waals surface area (Å²) in [6, 6.07) is 0. The zero-order chi connectivity index (χ0) is 29.6. The third-order valence-corrected chi connectivity index (χ3v) is 7.02. The van der Waals surface area contributed by atoms with Crippen molar-refractivity contribution in [3.05, 3.63) is 0 Å². The van der Waals surface area contributed by atoms with E-state index in [0.29, 0.717) is 79.3 Å². The minimum Gasteiger partial charge on any atom is -0.379 e. The molecule has 0 spiro atoms. The SMILES string of the molecule is CCCCCCCCCCCCCCCCOCCOCCOCCOCCOCCOCCOCCCCCC. The second-order valence-corrected chi connectivity index (χ2v) is 10.9. The molecule has 0 amide bonds. The first-order chi connectivity index (χ1) is 20.4. The number of rotatable bonds is 38. The summed E-state index contributed by atoms with van der Waals surface area (Å²) in [5, 5.41) is 0. The summed E-state index contributed by atoms with van der Waals surface area (Å²) in [6.45, 7) is 13.4. The van der Waals surface area contributed by atoms with Crippen molar-refractivity contribution in [1.82, 2.24) is 0 Å². The van der Waals surface area contributed by atoms with Gasteiger partial charge in [0, 0.05) is 13.2 Å². The molecule has 0 unspecified atom stereocenters. The number of hydrogen-bond donors (Lipinski definition) is 0. The predicted octanol–water partition coefficient (Wildman–Crippen LogP) is 8.16. The third kappa shape index (κ3) is 39.7. The van der Waals surface area contributed by atoms with E-state index in [2.05, 4.69) is 13.8 Å². The van der Waals surface area contributed by atoms with Crippen molar-refractivity contribution >= 4 is 0 Å². The standard InChI is InChI=1S/C34H70O7/c1-3-5-7-9-10-11-12-13-14-15-16-17-18-20-22-36-24-26-38-28-30-40-32-34-41-33-31-39-29-27-37-25-23-35-21-19-8-6-4-2/h3-34H2,1-2H3. The van der Waals surface area contributed by atoms with Crippen LogP contribution in [0.1, 0.15) is 129 Å². The van der Waals surface area contributed by atoms with Crippen LogP contribution >= 0.6 is 0 Å². The maximum atomic E-state index is 5.67. The molecule has 0 aromatic carbocycles. The molecule has 0 heterocycles. The van der Waals surface area contributed by atoms with Crippen molar-refractivity contribution in [3.63, 3.8) is 0 Å². The summed E-state index contributed by atoms with van der Waals surface area (Å²) in [6.07, 6.45) is 24.3. The van der Waals surface area contributed by atoms with Crippen LogP contribution in [0, 0.1) is 0 Å². The maximum absolute atomic E-state index is 5.67. The van der Waals surface area contributed by atoms with Crippen LogP contribution < -0.4 is 0 Å². The Morgan fingerprint density at radius 1 is 0.195 bits per heavy atom. The summed E-state index contributed by atoms with van der Waals surface area (Å²) < 4.78 is 38.8. The van der Waals surface area contributed by atoms with Gasteiger partial charge in [0.2, 0.25) is 0 Å². The predicted molar refractivity (Wildman–Crippen MR) is 170 cm³/mol. The van der Waals surface area contributed by atoms with Crippen LogP contribution in [-0.2, 0) is 33.2 Å². The maximum Gasteiger partial charge on any atom is 0.0701 e. The average molecular weight is 591 g/mol. The highest BCUT2D eigenvalue weighted by molar-refractivity contribution is 4.49. The molecule has 0 saturated heterocycles. The quantitative estimate of drug-likeness (QED) is 0.0672. The van der Waals surface area contributed by atoms with Crippen molar-refractivity contribution in [1.29, 1.82) is 0 Å². The third-order valence-electron chi connectivity index (χ3n) is 7.02. The van der Waals surface area contributed by atoms with E-state index in [4.69, 9.17) is 33.2 Å². The molecule has 0 aliphatic rings. The first-order valence-corrected chi connectivity index (χ1v) is 17.5. The Bertz CT molecular complexity index is 401. The average Bonchev–Trinajstić information content (AvgIpc) is 2.98. The molecule has 0 rings (SSSR count). The van der Waals surface area contributed by atoms with Crippen molar-refractivity contribution in [3.8, 4) is 0 Å². The second-order valence-electron chi connectivity index (χ2n) is 10.9. The fourth-order valence-corrected chi connectivity index (χ4v) is 4.45. The molecule has 0 aromatic heterocycles. The minimum atomic E-state index is 0.567. The molecule has 0 aliphatic heterocycles. The van der Waals surface area contributed by atoms with Crippen LogP contribution in [-0.4, -0.2) is 92.5 Å². The van der Waals surface area contributed by atoms with Crippen LogP contribution in [0.15, 0.2) is 0 Å². The van der Waals surface area contributed by atoms with Crippen molar-refractivity contribution in [2.75, 3.05) is 92.5 Å². The monoisotopic (exact) mass is 591 g/mol. The van der Waals surface area contributed by atoms with E-state index in [0.717, 1.165) is 26.1 Å². The Balaban J connectivity index is 3.02. The lowest BCUT2D eigenvalue weighted by molar-refractivity contribution is -0.0206. The van der Waals surface area contributed by atoms with E-state index in [1.54, 1.807) is 0 Å². The largest absolute Gasteiger partial charge is 0.379 e. The lowest BCUT2D eigenvalue weighted by Crippen LogP contribution is -2.14. The van der Waals surface area contributed by atoms with Gasteiger partial charge in [-0.1, -0.05) is 117 Å². The molecule has 7 nitrogen and oxygen atoms in total. The van der Waals surface area contributed by atoms with E-state index < -0.39 is 0 Å². The molecule has 0 atom stereocenters. The van der Waals surface area contributed by atoms with Gasteiger partial charge < -0.3 is 33.2 Å². The Hall–Kier alpha value is -0.280. The van der Waals surface area contributed by atoms with Crippen LogP contribution in [0.2, 0.25) is 0 Å². The van der Waals surface area contributed by atoms with E-state index >= 15 is 0 Å². The van der Waals surface area contributed by atoms with Crippen molar-refractivity contribution in [2.45, 2.75) is 129 Å². The Kier molecular flexibility index (Phi) is 39.4. The van der Waals surface area contributed by atoms with Gasteiger partial charge >= 0.3 is 0 Å².